The summed E-state index contributed by atoms with van der Waals surface area (Å²) in [6.45, 7) is 2.82. The van der Waals surface area contributed by atoms with E-state index in [0.29, 0.717) is 28.9 Å². The van der Waals surface area contributed by atoms with Crippen molar-refractivity contribution in [3.8, 4) is 0 Å². The number of halogens is 2. The fourth-order valence-electron chi connectivity index (χ4n) is 1.85. The second-order valence-corrected chi connectivity index (χ2v) is 5.16. The van der Waals surface area contributed by atoms with Crippen LogP contribution in [-0.4, -0.2) is 18.3 Å². The minimum absolute atomic E-state index is 0.0534. The average Bonchev–Trinajstić information content (AvgIpc) is 2.37. The molecule has 0 aromatic heterocycles. The predicted molar refractivity (Wildman–Crippen MR) is 77.5 cm³/mol. The summed E-state index contributed by atoms with van der Waals surface area (Å²) in [6.07, 6.45) is 3.14. The highest BCUT2D eigenvalue weighted by Gasteiger charge is 2.10. The molecule has 0 aliphatic heterocycles. The van der Waals surface area contributed by atoms with E-state index in [0.717, 1.165) is 19.3 Å². The van der Waals surface area contributed by atoms with E-state index < -0.39 is 0 Å². The van der Waals surface area contributed by atoms with Crippen LogP contribution >= 0.6 is 23.2 Å². The van der Waals surface area contributed by atoms with Gasteiger partial charge >= 0.3 is 0 Å². The van der Waals surface area contributed by atoms with Crippen LogP contribution in [0.1, 0.15) is 36.5 Å². The molecule has 1 amide bonds. The number of nitrogens with one attached hydrogen (secondary N) is 1. The highest BCUT2D eigenvalue weighted by Crippen LogP contribution is 2.12. The Morgan fingerprint density at radius 2 is 1.94 bits per heavy atom. The Kier molecular flexibility index (Phi) is 7.14. The van der Waals surface area contributed by atoms with Crippen molar-refractivity contribution >= 4 is 29.1 Å². The van der Waals surface area contributed by atoms with Crippen LogP contribution in [0.2, 0.25) is 5.02 Å². The molecule has 4 heteroatoms. The molecule has 0 bridgehead atoms. The van der Waals surface area contributed by atoms with Gasteiger partial charge in [-0.25, -0.2) is 0 Å². The molecule has 1 rings (SSSR count). The molecule has 18 heavy (non-hydrogen) atoms. The first kappa shape index (κ1) is 15.3. The Morgan fingerprint density at radius 3 is 2.50 bits per heavy atom. The molecule has 0 heterocycles. The average molecular weight is 288 g/mol. The van der Waals surface area contributed by atoms with Crippen molar-refractivity contribution in [2.45, 2.75) is 26.2 Å². The summed E-state index contributed by atoms with van der Waals surface area (Å²) in [6, 6.07) is 6.90. The normalized spacial score (nSPS) is 12.2. The van der Waals surface area contributed by atoms with Gasteiger partial charge in [0, 0.05) is 23.0 Å². The first-order valence-corrected chi connectivity index (χ1v) is 7.18. The lowest BCUT2D eigenvalue weighted by molar-refractivity contribution is 0.0946. The molecular formula is C14H19Cl2NO. The van der Waals surface area contributed by atoms with Gasteiger partial charge in [-0.2, -0.15) is 0 Å². The summed E-state index contributed by atoms with van der Waals surface area (Å²) in [5.41, 5.74) is 0.639. The predicted octanol–water partition coefficient (Wildman–Crippen LogP) is 4.12. The van der Waals surface area contributed by atoms with Crippen LogP contribution in [0.15, 0.2) is 24.3 Å². The van der Waals surface area contributed by atoms with Gasteiger partial charge in [0.25, 0.3) is 5.91 Å². The molecule has 100 valence electrons. The van der Waals surface area contributed by atoms with Crippen LogP contribution in [-0.2, 0) is 0 Å². The maximum Gasteiger partial charge on any atom is 0.251 e. The van der Waals surface area contributed by atoms with Gasteiger partial charge < -0.3 is 5.32 Å². The maximum absolute atomic E-state index is 11.9. The highest BCUT2D eigenvalue weighted by molar-refractivity contribution is 6.30. The van der Waals surface area contributed by atoms with Crippen molar-refractivity contribution in [1.29, 1.82) is 0 Å². The SMILES string of the molecule is CCCC(CCCl)CNC(=O)c1ccc(Cl)cc1. The summed E-state index contributed by atoms with van der Waals surface area (Å²) in [5, 5.41) is 3.58. The van der Waals surface area contributed by atoms with Gasteiger partial charge in [0.1, 0.15) is 0 Å². The van der Waals surface area contributed by atoms with Gasteiger partial charge in [-0.05, 0) is 43.0 Å². The molecule has 0 aliphatic carbocycles. The molecule has 0 saturated heterocycles. The van der Waals surface area contributed by atoms with Crippen molar-refractivity contribution in [3.63, 3.8) is 0 Å². The molecule has 0 fully saturated rings. The van der Waals surface area contributed by atoms with Crippen LogP contribution in [0.25, 0.3) is 0 Å². The third-order valence-electron chi connectivity index (χ3n) is 2.87. The molecule has 1 N–H and O–H groups in total. The van der Waals surface area contributed by atoms with Crippen LogP contribution < -0.4 is 5.32 Å². The van der Waals surface area contributed by atoms with Crippen LogP contribution in [0.5, 0.6) is 0 Å². The van der Waals surface area contributed by atoms with Crippen molar-refractivity contribution in [2.24, 2.45) is 5.92 Å². The Balaban J connectivity index is 2.46. The number of amides is 1. The first-order chi connectivity index (χ1) is 8.67. The molecule has 0 spiro atoms. The van der Waals surface area contributed by atoms with Crippen LogP contribution in [0, 0.1) is 5.92 Å². The molecule has 0 aliphatic rings. The topological polar surface area (TPSA) is 29.1 Å². The van der Waals surface area contributed by atoms with Gasteiger partial charge in [0.15, 0.2) is 0 Å². The molecule has 1 unspecified atom stereocenters. The summed E-state index contributed by atoms with van der Waals surface area (Å²) >= 11 is 11.5. The first-order valence-electron chi connectivity index (χ1n) is 6.27. The van der Waals surface area contributed by atoms with Gasteiger partial charge in [0.05, 0.1) is 0 Å². The van der Waals surface area contributed by atoms with E-state index in [1.807, 2.05) is 0 Å². The summed E-state index contributed by atoms with van der Waals surface area (Å²) in [4.78, 5) is 11.9. The Bertz CT molecular complexity index is 359. The molecule has 1 aromatic rings. The third-order valence-corrected chi connectivity index (χ3v) is 3.34. The van der Waals surface area contributed by atoms with E-state index in [1.165, 1.54) is 0 Å². The largest absolute Gasteiger partial charge is 0.352 e. The van der Waals surface area contributed by atoms with Crippen LogP contribution in [0.4, 0.5) is 0 Å². The Labute approximate surface area is 119 Å². The van der Waals surface area contributed by atoms with E-state index in [2.05, 4.69) is 12.2 Å². The second-order valence-electron chi connectivity index (χ2n) is 4.35. The number of benzene rings is 1. The summed E-state index contributed by atoms with van der Waals surface area (Å²) < 4.78 is 0. The molecule has 1 aromatic carbocycles. The Morgan fingerprint density at radius 1 is 1.28 bits per heavy atom. The van der Waals surface area contributed by atoms with Crippen molar-refractivity contribution in [3.05, 3.63) is 34.9 Å². The zero-order valence-electron chi connectivity index (χ0n) is 10.6. The third kappa shape index (κ3) is 5.28. The molecule has 2 nitrogen and oxygen atoms in total. The molecular weight excluding hydrogens is 269 g/mol. The number of rotatable bonds is 7. The van der Waals surface area contributed by atoms with E-state index in [1.54, 1.807) is 24.3 Å². The fraction of sp³-hybridized carbons (Fsp3) is 0.500. The van der Waals surface area contributed by atoms with E-state index >= 15 is 0 Å². The van der Waals surface area contributed by atoms with Gasteiger partial charge in [-0.1, -0.05) is 24.9 Å². The lowest BCUT2D eigenvalue weighted by atomic mass is 10.0. The smallest absolute Gasteiger partial charge is 0.251 e. The number of hydrogen-bond acceptors (Lipinski definition) is 1. The van der Waals surface area contributed by atoms with Crippen molar-refractivity contribution in [1.82, 2.24) is 5.32 Å². The number of hydrogen-bond donors (Lipinski definition) is 1. The quantitative estimate of drug-likeness (QED) is 0.751. The van der Waals surface area contributed by atoms with E-state index in [9.17, 15) is 4.79 Å². The number of carbonyl (C=O) groups is 1. The fourth-order valence-corrected chi connectivity index (χ4v) is 2.29. The molecule has 0 saturated carbocycles. The van der Waals surface area contributed by atoms with Crippen molar-refractivity contribution in [2.75, 3.05) is 12.4 Å². The molecule has 0 radical (unpaired) electrons. The zero-order chi connectivity index (χ0) is 13.4. The monoisotopic (exact) mass is 287 g/mol. The van der Waals surface area contributed by atoms with Gasteiger partial charge in [-0.15, -0.1) is 11.6 Å². The Hall–Kier alpha value is -0.730. The second kappa shape index (κ2) is 8.39. The lowest BCUT2D eigenvalue weighted by Gasteiger charge is -2.15. The van der Waals surface area contributed by atoms with Crippen LogP contribution in [0.3, 0.4) is 0 Å². The number of carbonyl (C=O) groups excluding carboxylic acids is 1. The van der Waals surface area contributed by atoms with E-state index in [4.69, 9.17) is 23.2 Å². The lowest BCUT2D eigenvalue weighted by Crippen LogP contribution is -2.29. The number of alkyl halides is 1. The van der Waals surface area contributed by atoms with Gasteiger partial charge in [-0.3, -0.25) is 4.79 Å². The minimum Gasteiger partial charge on any atom is -0.352 e. The summed E-state index contributed by atoms with van der Waals surface area (Å²) in [5.74, 6) is 1.05. The zero-order valence-corrected chi connectivity index (χ0v) is 12.1. The summed E-state index contributed by atoms with van der Waals surface area (Å²) in [7, 11) is 0. The standard InChI is InChI=1S/C14H19Cl2NO/c1-2-3-11(8-9-15)10-17-14(18)12-4-6-13(16)7-5-12/h4-7,11H,2-3,8-10H2,1H3,(H,17,18). The maximum atomic E-state index is 11.9. The minimum atomic E-state index is -0.0534. The van der Waals surface area contributed by atoms with Gasteiger partial charge in [0.2, 0.25) is 0 Å². The highest BCUT2D eigenvalue weighted by atomic mass is 35.5. The van der Waals surface area contributed by atoms with E-state index in [-0.39, 0.29) is 5.91 Å². The van der Waals surface area contributed by atoms with Crippen molar-refractivity contribution < 1.29 is 4.79 Å². The molecule has 1 atom stereocenters.